The van der Waals surface area contributed by atoms with E-state index in [1.165, 1.54) is 11.3 Å². The molecule has 37 heavy (non-hydrogen) atoms. The zero-order valence-electron chi connectivity index (χ0n) is 21.4. The Labute approximate surface area is 221 Å². The summed E-state index contributed by atoms with van der Waals surface area (Å²) in [6.07, 6.45) is 3.25. The Hall–Kier alpha value is -3.30. The number of anilines is 1. The zero-order chi connectivity index (χ0) is 26.2. The first kappa shape index (κ1) is 26.8. The number of hydrogen-bond donors (Lipinski definition) is 1. The molecule has 0 atom stereocenters. The zero-order valence-corrected chi connectivity index (χ0v) is 22.2. The first-order valence-electron chi connectivity index (χ1n) is 12.9. The van der Waals surface area contributed by atoms with Gasteiger partial charge in [-0.3, -0.25) is 19.4 Å². The molecule has 9 heteroatoms. The summed E-state index contributed by atoms with van der Waals surface area (Å²) < 4.78 is 5.91. The van der Waals surface area contributed by atoms with Crippen LogP contribution in [-0.4, -0.2) is 64.9 Å². The largest absolute Gasteiger partial charge is 0.492 e. The molecule has 0 radical (unpaired) electrons. The summed E-state index contributed by atoms with van der Waals surface area (Å²) in [6, 6.07) is 15.4. The predicted molar refractivity (Wildman–Crippen MR) is 145 cm³/mol. The molecule has 0 saturated carbocycles. The number of aliphatic carboxylic acids is 1. The molecule has 1 aliphatic heterocycles. The van der Waals surface area contributed by atoms with Crippen LogP contribution in [0.5, 0.6) is 5.75 Å². The van der Waals surface area contributed by atoms with Gasteiger partial charge in [0.1, 0.15) is 17.4 Å². The summed E-state index contributed by atoms with van der Waals surface area (Å²) in [5, 5.41) is 19.2. The molecule has 2 heterocycles. The first-order chi connectivity index (χ1) is 18.0. The van der Waals surface area contributed by atoms with Crippen LogP contribution < -0.4 is 9.64 Å². The lowest BCUT2D eigenvalue weighted by Gasteiger charge is -2.29. The van der Waals surface area contributed by atoms with Crippen LogP contribution in [0.25, 0.3) is 10.6 Å². The van der Waals surface area contributed by atoms with Gasteiger partial charge in [0.25, 0.3) is 5.91 Å². The van der Waals surface area contributed by atoms with E-state index in [4.69, 9.17) is 9.84 Å². The molecule has 0 bridgehead atoms. The van der Waals surface area contributed by atoms with Crippen molar-refractivity contribution >= 4 is 28.3 Å². The van der Waals surface area contributed by atoms with Gasteiger partial charge in [-0.1, -0.05) is 42.9 Å². The highest BCUT2D eigenvalue weighted by Gasteiger charge is 2.24. The van der Waals surface area contributed by atoms with E-state index in [2.05, 4.69) is 22.0 Å². The Kier molecular flexibility index (Phi) is 9.24. The number of benzene rings is 2. The van der Waals surface area contributed by atoms with Crippen molar-refractivity contribution in [2.24, 2.45) is 5.92 Å². The van der Waals surface area contributed by atoms with Gasteiger partial charge >= 0.3 is 5.97 Å². The summed E-state index contributed by atoms with van der Waals surface area (Å²) in [4.78, 5) is 28.4. The number of likely N-dealkylation sites (tertiary alicyclic amines) is 1. The van der Waals surface area contributed by atoms with Gasteiger partial charge in [-0.05, 0) is 75.2 Å². The van der Waals surface area contributed by atoms with E-state index in [0.29, 0.717) is 36.7 Å². The van der Waals surface area contributed by atoms with Crippen molar-refractivity contribution in [1.29, 1.82) is 0 Å². The second-order valence-corrected chi connectivity index (χ2v) is 10.3. The maximum Gasteiger partial charge on any atom is 0.306 e. The third kappa shape index (κ3) is 6.93. The molecule has 1 amide bonds. The number of ether oxygens (including phenoxy) is 1. The minimum absolute atomic E-state index is 0.0508. The van der Waals surface area contributed by atoms with Crippen LogP contribution in [0.1, 0.15) is 48.5 Å². The summed E-state index contributed by atoms with van der Waals surface area (Å²) in [5.41, 5.74) is 2.55. The molecule has 1 saturated heterocycles. The second kappa shape index (κ2) is 12.8. The number of amides is 1. The maximum atomic E-state index is 13.3. The molecule has 1 aromatic heterocycles. The average molecular weight is 523 g/mol. The van der Waals surface area contributed by atoms with Crippen LogP contribution in [0.4, 0.5) is 5.13 Å². The Morgan fingerprint density at radius 1 is 1.11 bits per heavy atom. The Morgan fingerprint density at radius 2 is 1.84 bits per heavy atom. The van der Waals surface area contributed by atoms with Gasteiger partial charge in [0.15, 0.2) is 0 Å². The first-order valence-corrected chi connectivity index (χ1v) is 13.7. The number of rotatable bonds is 11. The van der Waals surface area contributed by atoms with Crippen molar-refractivity contribution in [3.05, 3.63) is 59.7 Å². The molecule has 2 aromatic carbocycles. The van der Waals surface area contributed by atoms with Crippen molar-refractivity contribution in [1.82, 2.24) is 15.1 Å². The molecule has 8 nitrogen and oxygen atoms in total. The minimum Gasteiger partial charge on any atom is -0.492 e. The highest BCUT2D eigenvalue weighted by Crippen LogP contribution is 2.31. The second-order valence-electron chi connectivity index (χ2n) is 9.34. The van der Waals surface area contributed by atoms with Crippen LogP contribution >= 0.6 is 11.3 Å². The molecule has 0 unspecified atom stereocenters. The molecule has 3 aromatic rings. The van der Waals surface area contributed by atoms with Crippen LogP contribution in [0.3, 0.4) is 0 Å². The minimum atomic E-state index is -0.690. The molecular weight excluding hydrogens is 488 g/mol. The SMILES string of the molecule is CCCCN(C(=O)c1ccccc1C)c1nnc(-c2ccc(OCCN3CCC(C(=O)O)CC3)cc2)s1. The lowest BCUT2D eigenvalue weighted by molar-refractivity contribution is -0.143. The molecule has 0 spiro atoms. The number of piperidine rings is 1. The quantitative estimate of drug-likeness (QED) is 0.373. The van der Waals surface area contributed by atoms with Gasteiger partial charge in [0.2, 0.25) is 5.13 Å². The molecule has 1 N–H and O–H groups in total. The van der Waals surface area contributed by atoms with Crippen molar-refractivity contribution in [2.75, 3.05) is 37.7 Å². The molecule has 1 aliphatic rings. The van der Waals surface area contributed by atoms with Crippen molar-refractivity contribution in [2.45, 2.75) is 39.5 Å². The number of nitrogens with zero attached hydrogens (tertiary/aromatic N) is 4. The van der Waals surface area contributed by atoms with Crippen LogP contribution in [0.15, 0.2) is 48.5 Å². The lowest BCUT2D eigenvalue weighted by atomic mass is 9.97. The Balaban J connectivity index is 1.36. The van der Waals surface area contributed by atoms with Crippen molar-refractivity contribution < 1.29 is 19.4 Å². The van der Waals surface area contributed by atoms with Crippen LogP contribution in [0, 0.1) is 12.8 Å². The van der Waals surface area contributed by atoms with Crippen molar-refractivity contribution in [3.8, 4) is 16.3 Å². The number of carbonyl (C=O) groups is 2. The number of carbonyl (C=O) groups excluding carboxylic acids is 1. The summed E-state index contributed by atoms with van der Waals surface area (Å²) >= 11 is 1.41. The predicted octanol–water partition coefficient (Wildman–Crippen LogP) is 5.14. The number of aryl methyl sites for hydroxylation is 1. The normalized spacial score (nSPS) is 14.4. The number of aromatic nitrogens is 2. The topological polar surface area (TPSA) is 95.9 Å². The van der Waals surface area contributed by atoms with Gasteiger partial charge in [-0.2, -0.15) is 0 Å². The number of unbranched alkanes of at least 4 members (excludes halogenated alkanes) is 1. The highest BCUT2D eigenvalue weighted by molar-refractivity contribution is 7.18. The number of carboxylic acids is 1. The number of hydrogen-bond acceptors (Lipinski definition) is 7. The summed E-state index contributed by atoms with van der Waals surface area (Å²) in [7, 11) is 0. The van der Waals surface area contributed by atoms with E-state index in [0.717, 1.165) is 54.4 Å². The van der Waals surface area contributed by atoms with Crippen LogP contribution in [-0.2, 0) is 4.79 Å². The van der Waals surface area contributed by atoms with E-state index in [1.54, 1.807) is 4.90 Å². The number of carboxylic acid groups (broad SMARTS) is 1. The van der Waals surface area contributed by atoms with E-state index < -0.39 is 5.97 Å². The highest BCUT2D eigenvalue weighted by atomic mass is 32.1. The van der Waals surface area contributed by atoms with E-state index >= 15 is 0 Å². The fourth-order valence-electron chi connectivity index (χ4n) is 4.39. The molecule has 0 aliphatic carbocycles. The van der Waals surface area contributed by atoms with Crippen molar-refractivity contribution in [3.63, 3.8) is 0 Å². The van der Waals surface area contributed by atoms with Crippen LogP contribution in [0.2, 0.25) is 0 Å². The smallest absolute Gasteiger partial charge is 0.306 e. The lowest BCUT2D eigenvalue weighted by Crippen LogP contribution is -2.38. The third-order valence-corrected chi connectivity index (χ3v) is 7.71. The maximum absolute atomic E-state index is 13.3. The third-order valence-electron chi connectivity index (χ3n) is 6.72. The molecule has 196 valence electrons. The fraction of sp³-hybridized carbons (Fsp3) is 0.429. The fourth-order valence-corrected chi connectivity index (χ4v) is 5.26. The van der Waals surface area contributed by atoms with Gasteiger partial charge in [-0.25, -0.2) is 0 Å². The summed E-state index contributed by atoms with van der Waals surface area (Å²) in [5.74, 6) is -0.187. The van der Waals surface area contributed by atoms with Gasteiger partial charge in [0.05, 0.1) is 5.92 Å². The Morgan fingerprint density at radius 3 is 2.51 bits per heavy atom. The van der Waals surface area contributed by atoms with E-state index in [1.807, 2.05) is 55.5 Å². The molecule has 1 fully saturated rings. The monoisotopic (exact) mass is 522 g/mol. The Bertz CT molecular complexity index is 1190. The van der Waals surface area contributed by atoms with Gasteiger partial charge < -0.3 is 9.84 Å². The van der Waals surface area contributed by atoms with E-state index in [-0.39, 0.29) is 11.8 Å². The molecular formula is C28H34N4O4S. The van der Waals surface area contributed by atoms with Gasteiger partial charge in [0, 0.05) is 24.2 Å². The van der Waals surface area contributed by atoms with E-state index in [9.17, 15) is 9.59 Å². The summed E-state index contributed by atoms with van der Waals surface area (Å²) in [6.45, 7) is 7.55. The average Bonchev–Trinajstić information content (AvgIpc) is 3.40. The molecule has 4 rings (SSSR count). The standard InChI is InChI=1S/C28H34N4O4S/c1-3-4-15-32(26(33)24-8-6-5-7-20(24)2)28-30-29-25(37-28)21-9-11-23(12-10-21)36-19-18-31-16-13-22(14-17-31)27(34)35/h5-12,22H,3-4,13-19H2,1-2H3,(H,34,35). The van der Waals surface area contributed by atoms with Gasteiger partial charge in [-0.15, -0.1) is 10.2 Å².